The number of hydrogen-bond donors (Lipinski definition) is 1. The quantitative estimate of drug-likeness (QED) is 0.0671. The average Bonchev–Trinajstić information content (AvgIpc) is 2.93. The number of aliphatic carboxylic acids is 1. The van der Waals surface area contributed by atoms with Crippen LogP contribution in [0.3, 0.4) is 0 Å². The highest BCUT2D eigenvalue weighted by Gasteiger charge is 2.07. The van der Waals surface area contributed by atoms with Gasteiger partial charge in [-0.05, 0) is 64.2 Å². The first-order chi connectivity index (χ1) is 19.2. The van der Waals surface area contributed by atoms with Crippen LogP contribution in [0.25, 0.3) is 0 Å². The van der Waals surface area contributed by atoms with Gasteiger partial charge in [-0.15, -0.1) is 0 Å². The van der Waals surface area contributed by atoms with E-state index in [4.69, 9.17) is 9.84 Å². The summed E-state index contributed by atoms with van der Waals surface area (Å²) in [5.41, 5.74) is 0. The van der Waals surface area contributed by atoms with Gasteiger partial charge in [0.05, 0.1) is 6.10 Å². The predicted molar refractivity (Wildman–Crippen MR) is 172 cm³/mol. The van der Waals surface area contributed by atoms with Crippen molar-refractivity contribution in [1.82, 2.24) is 0 Å². The van der Waals surface area contributed by atoms with Crippen LogP contribution in [-0.2, 0) is 9.53 Å². The van der Waals surface area contributed by atoms with Crippen LogP contribution in [-0.4, -0.2) is 23.8 Å². The zero-order valence-electron chi connectivity index (χ0n) is 26.4. The summed E-state index contributed by atoms with van der Waals surface area (Å²) in [7, 11) is 0. The Morgan fingerprint density at radius 2 is 1.00 bits per heavy atom. The third kappa shape index (κ3) is 33.0. The predicted octanol–water partition coefficient (Wildman–Crippen LogP) is 12.1. The number of carbonyl (C=O) groups is 1. The summed E-state index contributed by atoms with van der Waals surface area (Å²) in [5, 5.41) is 8.69. The van der Waals surface area contributed by atoms with Crippen molar-refractivity contribution < 1.29 is 14.6 Å². The minimum absolute atomic E-state index is 0.316. The molecule has 0 saturated carbocycles. The van der Waals surface area contributed by atoms with Crippen molar-refractivity contribution >= 4 is 5.97 Å². The Kier molecular flexibility index (Phi) is 32.2. The normalized spacial score (nSPS) is 12.7. The molecule has 0 bridgehead atoms. The summed E-state index contributed by atoms with van der Waals surface area (Å²) in [6.07, 6.45) is 43.1. The molecule has 0 unspecified atom stereocenters. The second kappa shape index (κ2) is 33.1. The van der Waals surface area contributed by atoms with Gasteiger partial charge in [0.15, 0.2) is 0 Å². The summed E-state index contributed by atoms with van der Waals surface area (Å²) >= 11 is 0. The van der Waals surface area contributed by atoms with Crippen LogP contribution < -0.4 is 0 Å². The number of ether oxygens (including phenoxy) is 1. The highest BCUT2D eigenvalue weighted by molar-refractivity contribution is 5.66. The molecule has 0 aromatic carbocycles. The van der Waals surface area contributed by atoms with Gasteiger partial charge in [-0.1, -0.05) is 141 Å². The fourth-order valence-corrected chi connectivity index (χ4v) is 5.10. The lowest BCUT2D eigenvalue weighted by molar-refractivity contribution is -0.137. The molecular weight excluding hydrogens is 480 g/mol. The number of allylic oxidation sites excluding steroid dienone is 3. The smallest absolute Gasteiger partial charge is 0.303 e. The Morgan fingerprint density at radius 1 is 0.564 bits per heavy atom. The van der Waals surface area contributed by atoms with Gasteiger partial charge < -0.3 is 9.84 Å². The van der Waals surface area contributed by atoms with Gasteiger partial charge in [0.2, 0.25) is 0 Å². The zero-order valence-corrected chi connectivity index (χ0v) is 26.4. The Balaban J connectivity index is 3.74. The van der Waals surface area contributed by atoms with Crippen LogP contribution in [0.1, 0.15) is 187 Å². The third-order valence-electron chi connectivity index (χ3n) is 7.72. The third-order valence-corrected chi connectivity index (χ3v) is 7.72. The summed E-state index contributed by atoms with van der Waals surface area (Å²) < 4.78 is 6.32. The first-order valence-electron chi connectivity index (χ1n) is 17.3. The standard InChI is InChI=1S/C36H68O3/c1-3-5-7-9-10-11-12-13-14-15-16-17-20-23-26-30-34-39-35(31-27-8-6-4-2)32-28-24-21-18-19-22-25-29-33-36(37)38/h13-14,24,28,35H,3-12,15-23,25-27,29-34H2,1-2H3,(H,37,38)/b14-13-,28-24-/t35-/m1/s1. The molecular formula is C36H68O3. The van der Waals surface area contributed by atoms with E-state index in [1.807, 2.05) is 0 Å². The zero-order chi connectivity index (χ0) is 28.5. The topological polar surface area (TPSA) is 46.5 Å². The van der Waals surface area contributed by atoms with E-state index in [1.165, 1.54) is 135 Å². The van der Waals surface area contributed by atoms with Crippen LogP contribution >= 0.6 is 0 Å². The van der Waals surface area contributed by atoms with Crippen molar-refractivity contribution in [2.45, 2.75) is 193 Å². The minimum Gasteiger partial charge on any atom is -0.481 e. The Morgan fingerprint density at radius 3 is 1.54 bits per heavy atom. The van der Waals surface area contributed by atoms with Gasteiger partial charge in [0, 0.05) is 13.0 Å². The van der Waals surface area contributed by atoms with E-state index in [2.05, 4.69) is 38.2 Å². The van der Waals surface area contributed by atoms with Crippen molar-refractivity contribution in [3.05, 3.63) is 24.3 Å². The maximum atomic E-state index is 10.6. The van der Waals surface area contributed by atoms with Crippen molar-refractivity contribution in [3.8, 4) is 0 Å². The van der Waals surface area contributed by atoms with Gasteiger partial charge in [0.25, 0.3) is 0 Å². The summed E-state index contributed by atoms with van der Waals surface area (Å²) in [6.45, 7) is 5.48. The largest absolute Gasteiger partial charge is 0.481 e. The molecule has 39 heavy (non-hydrogen) atoms. The first kappa shape index (κ1) is 37.9. The molecule has 230 valence electrons. The maximum Gasteiger partial charge on any atom is 0.303 e. The number of carboxylic acid groups (broad SMARTS) is 1. The van der Waals surface area contributed by atoms with Crippen LogP contribution in [0.4, 0.5) is 0 Å². The van der Waals surface area contributed by atoms with E-state index in [9.17, 15) is 4.79 Å². The van der Waals surface area contributed by atoms with Crippen molar-refractivity contribution in [2.75, 3.05) is 6.61 Å². The Labute approximate surface area is 244 Å². The summed E-state index contributed by atoms with van der Waals surface area (Å²) in [6, 6.07) is 0. The number of hydrogen-bond acceptors (Lipinski definition) is 2. The van der Waals surface area contributed by atoms with Gasteiger partial charge in [-0.25, -0.2) is 0 Å². The number of unbranched alkanes of at least 4 members (excludes halogenated alkanes) is 20. The lowest BCUT2D eigenvalue weighted by atomic mass is 10.1. The second-order valence-corrected chi connectivity index (χ2v) is 11.7. The van der Waals surface area contributed by atoms with Gasteiger partial charge in [0.1, 0.15) is 0 Å². The molecule has 3 nitrogen and oxygen atoms in total. The lowest BCUT2D eigenvalue weighted by Crippen LogP contribution is -2.13. The Hall–Kier alpha value is -1.09. The van der Waals surface area contributed by atoms with E-state index in [-0.39, 0.29) is 0 Å². The van der Waals surface area contributed by atoms with Crippen LogP contribution in [0, 0.1) is 0 Å². The van der Waals surface area contributed by atoms with Gasteiger partial charge >= 0.3 is 5.97 Å². The molecule has 1 atom stereocenters. The van der Waals surface area contributed by atoms with E-state index in [0.29, 0.717) is 12.5 Å². The van der Waals surface area contributed by atoms with Gasteiger partial charge in [-0.3, -0.25) is 4.79 Å². The minimum atomic E-state index is -0.669. The molecule has 0 aliphatic carbocycles. The van der Waals surface area contributed by atoms with E-state index < -0.39 is 5.97 Å². The van der Waals surface area contributed by atoms with E-state index in [0.717, 1.165) is 38.7 Å². The molecule has 0 fully saturated rings. The molecule has 0 aliphatic rings. The highest BCUT2D eigenvalue weighted by Crippen LogP contribution is 2.15. The molecule has 0 saturated heterocycles. The number of carboxylic acids is 1. The van der Waals surface area contributed by atoms with E-state index >= 15 is 0 Å². The average molecular weight is 549 g/mol. The summed E-state index contributed by atoms with van der Waals surface area (Å²) in [5.74, 6) is -0.669. The van der Waals surface area contributed by atoms with Crippen molar-refractivity contribution in [2.24, 2.45) is 0 Å². The summed E-state index contributed by atoms with van der Waals surface area (Å²) in [4.78, 5) is 10.6. The highest BCUT2D eigenvalue weighted by atomic mass is 16.5. The first-order valence-corrected chi connectivity index (χ1v) is 17.3. The van der Waals surface area contributed by atoms with Crippen LogP contribution in [0.5, 0.6) is 0 Å². The molecule has 0 aromatic heterocycles. The molecule has 0 spiro atoms. The van der Waals surface area contributed by atoms with Crippen molar-refractivity contribution in [1.29, 1.82) is 0 Å². The molecule has 0 rings (SSSR count). The second-order valence-electron chi connectivity index (χ2n) is 11.7. The molecule has 3 heteroatoms. The monoisotopic (exact) mass is 549 g/mol. The fourth-order valence-electron chi connectivity index (χ4n) is 5.10. The van der Waals surface area contributed by atoms with Crippen LogP contribution in [0.15, 0.2) is 24.3 Å². The molecule has 0 heterocycles. The maximum absolute atomic E-state index is 10.6. The van der Waals surface area contributed by atoms with E-state index in [1.54, 1.807) is 0 Å². The fraction of sp³-hybridized carbons (Fsp3) is 0.861. The van der Waals surface area contributed by atoms with Crippen molar-refractivity contribution in [3.63, 3.8) is 0 Å². The molecule has 0 radical (unpaired) electrons. The van der Waals surface area contributed by atoms with Crippen LogP contribution in [0.2, 0.25) is 0 Å². The lowest BCUT2D eigenvalue weighted by Gasteiger charge is -2.16. The molecule has 1 N–H and O–H groups in total. The SMILES string of the molecule is CCCCCCCC/C=C\CCCCCCCCO[C@@H](C/C=C\CCCCCCCC(=O)O)CCCCCC. The number of rotatable bonds is 32. The van der Waals surface area contributed by atoms with Gasteiger partial charge in [-0.2, -0.15) is 0 Å². The Bertz CT molecular complexity index is 539. The molecule has 0 aliphatic heterocycles. The molecule has 0 aromatic rings. The molecule has 0 amide bonds.